The Bertz CT molecular complexity index is 390. The van der Waals surface area contributed by atoms with Crippen molar-refractivity contribution >= 4 is 12.4 Å². The Morgan fingerprint density at radius 1 is 1.20 bits per heavy atom. The molecule has 78 valence electrons. The van der Waals surface area contributed by atoms with Crippen LogP contribution in [-0.2, 0) is 0 Å². The summed E-state index contributed by atoms with van der Waals surface area (Å²) in [5.74, 6) is 0.747. The molecular formula is C13H14O2. The molecule has 0 spiro atoms. The highest BCUT2D eigenvalue weighted by molar-refractivity contribution is 5.77. The molecule has 0 bridgehead atoms. The first-order chi connectivity index (χ1) is 7.31. The minimum absolute atomic E-state index is 0.649. The number of carbonyl (C=O) groups excluding carboxylic acids is 1. The average molecular weight is 202 g/mol. The van der Waals surface area contributed by atoms with Crippen molar-refractivity contribution in [2.75, 3.05) is 0 Å². The van der Waals surface area contributed by atoms with E-state index < -0.39 is 0 Å². The number of aldehydes is 1. The maximum absolute atomic E-state index is 10.6. The van der Waals surface area contributed by atoms with E-state index in [1.165, 1.54) is 0 Å². The van der Waals surface area contributed by atoms with Gasteiger partial charge in [-0.25, -0.2) is 0 Å². The average Bonchev–Trinajstić information content (AvgIpc) is 2.27. The molecule has 0 aliphatic heterocycles. The molecular weight excluding hydrogens is 188 g/mol. The molecule has 1 aromatic carbocycles. The van der Waals surface area contributed by atoms with E-state index in [0.717, 1.165) is 17.6 Å². The quantitative estimate of drug-likeness (QED) is 0.552. The number of carbonyl (C=O) groups is 1. The van der Waals surface area contributed by atoms with Crippen LogP contribution in [0.25, 0.3) is 6.08 Å². The van der Waals surface area contributed by atoms with E-state index in [0.29, 0.717) is 5.56 Å². The first-order valence-electron chi connectivity index (χ1n) is 4.81. The third-order valence-electron chi connectivity index (χ3n) is 1.85. The molecule has 0 aliphatic carbocycles. The summed E-state index contributed by atoms with van der Waals surface area (Å²) in [6.45, 7) is 3.81. The van der Waals surface area contributed by atoms with Crippen molar-refractivity contribution in [3.05, 3.63) is 47.7 Å². The molecule has 0 aromatic heterocycles. The predicted molar refractivity (Wildman–Crippen MR) is 62.0 cm³/mol. The van der Waals surface area contributed by atoms with Gasteiger partial charge in [-0.2, -0.15) is 0 Å². The van der Waals surface area contributed by atoms with Gasteiger partial charge >= 0.3 is 0 Å². The van der Waals surface area contributed by atoms with Crippen LogP contribution >= 0.6 is 0 Å². The summed E-state index contributed by atoms with van der Waals surface area (Å²) < 4.78 is 5.39. The van der Waals surface area contributed by atoms with Gasteiger partial charge in [-0.3, -0.25) is 4.79 Å². The minimum Gasteiger partial charge on any atom is -0.465 e. The molecule has 0 saturated heterocycles. The molecule has 0 atom stereocenters. The largest absolute Gasteiger partial charge is 0.465 e. The lowest BCUT2D eigenvalue weighted by molar-refractivity contribution is 0.112. The Morgan fingerprint density at radius 2 is 2.00 bits per heavy atom. The standard InChI is InChI=1S/C13H14O2/c1-3-5-12-9-11(10-14)6-7-13(12)15-8-4-2/h3-10H,1-2H3/b5-3+,8-4+. The molecule has 0 aliphatic rings. The fourth-order valence-corrected chi connectivity index (χ4v) is 1.20. The number of allylic oxidation sites excluding steroid dienone is 2. The van der Waals surface area contributed by atoms with Crippen LogP contribution < -0.4 is 4.74 Å². The maximum atomic E-state index is 10.6. The van der Waals surface area contributed by atoms with Crippen LogP contribution in [-0.4, -0.2) is 6.29 Å². The first kappa shape index (κ1) is 11.2. The van der Waals surface area contributed by atoms with Crippen molar-refractivity contribution in [1.29, 1.82) is 0 Å². The molecule has 0 unspecified atom stereocenters. The first-order valence-corrected chi connectivity index (χ1v) is 4.81. The second kappa shape index (κ2) is 5.81. The normalized spacial score (nSPS) is 11.1. The van der Waals surface area contributed by atoms with Crippen LogP contribution in [0.2, 0.25) is 0 Å². The monoisotopic (exact) mass is 202 g/mol. The molecule has 0 saturated carbocycles. The van der Waals surface area contributed by atoms with Crippen molar-refractivity contribution in [2.24, 2.45) is 0 Å². The van der Waals surface area contributed by atoms with Gasteiger partial charge in [0.15, 0.2) is 0 Å². The topological polar surface area (TPSA) is 26.3 Å². The van der Waals surface area contributed by atoms with E-state index in [1.54, 1.807) is 24.5 Å². The van der Waals surface area contributed by atoms with Gasteiger partial charge in [0, 0.05) is 11.1 Å². The third kappa shape index (κ3) is 3.09. The van der Waals surface area contributed by atoms with Crippen LogP contribution in [0.5, 0.6) is 5.75 Å². The highest BCUT2D eigenvalue weighted by atomic mass is 16.5. The zero-order valence-electron chi connectivity index (χ0n) is 8.94. The molecule has 0 N–H and O–H groups in total. The Balaban J connectivity index is 3.08. The SMILES string of the molecule is C/C=C/Oc1ccc(C=O)cc1/C=C/C. The molecule has 2 nitrogen and oxygen atoms in total. The molecule has 0 fully saturated rings. The lowest BCUT2D eigenvalue weighted by Gasteiger charge is -2.05. The zero-order valence-corrected chi connectivity index (χ0v) is 8.94. The Kier molecular flexibility index (Phi) is 4.35. The predicted octanol–water partition coefficient (Wildman–Crippen LogP) is 3.44. The third-order valence-corrected chi connectivity index (χ3v) is 1.85. The molecule has 1 aromatic rings. The number of rotatable bonds is 4. The second-order valence-electron chi connectivity index (χ2n) is 3.00. The van der Waals surface area contributed by atoms with Gasteiger partial charge in [0.1, 0.15) is 12.0 Å². The minimum atomic E-state index is 0.649. The Morgan fingerprint density at radius 3 is 2.60 bits per heavy atom. The summed E-state index contributed by atoms with van der Waals surface area (Å²) >= 11 is 0. The van der Waals surface area contributed by atoms with Crippen molar-refractivity contribution in [3.8, 4) is 5.75 Å². The van der Waals surface area contributed by atoms with Gasteiger partial charge in [0.25, 0.3) is 0 Å². The van der Waals surface area contributed by atoms with E-state index in [1.807, 2.05) is 32.1 Å². The summed E-state index contributed by atoms with van der Waals surface area (Å²) in [5.41, 5.74) is 1.55. The van der Waals surface area contributed by atoms with Crippen LogP contribution in [0.1, 0.15) is 29.8 Å². The van der Waals surface area contributed by atoms with Gasteiger partial charge < -0.3 is 4.74 Å². The number of benzene rings is 1. The van der Waals surface area contributed by atoms with Crippen molar-refractivity contribution < 1.29 is 9.53 Å². The van der Waals surface area contributed by atoms with Crippen LogP contribution in [0.4, 0.5) is 0 Å². The fourth-order valence-electron chi connectivity index (χ4n) is 1.20. The van der Waals surface area contributed by atoms with Crippen molar-refractivity contribution in [2.45, 2.75) is 13.8 Å². The van der Waals surface area contributed by atoms with Gasteiger partial charge in [-0.15, -0.1) is 0 Å². The van der Waals surface area contributed by atoms with Crippen LogP contribution in [0, 0.1) is 0 Å². The van der Waals surface area contributed by atoms with E-state index in [2.05, 4.69) is 0 Å². The second-order valence-corrected chi connectivity index (χ2v) is 3.00. The lowest BCUT2D eigenvalue weighted by atomic mass is 10.1. The zero-order chi connectivity index (χ0) is 11.1. The number of hydrogen-bond acceptors (Lipinski definition) is 2. The van der Waals surface area contributed by atoms with Gasteiger partial charge in [-0.05, 0) is 32.0 Å². The fraction of sp³-hybridized carbons (Fsp3) is 0.154. The van der Waals surface area contributed by atoms with Gasteiger partial charge in [-0.1, -0.05) is 18.2 Å². The number of ether oxygens (including phenoxy) is 1. The van der Waals surface area contributed by atoms with Crippen LogP contribution in [0.3, 0.4) is 0 Å². The summed E-state index contributed by atoms with van der Waals surface area (Å²) in [4.78, 5) is 10.6. The summed E-state index contributed by atoms with van der Waals surface area (Å²) in [5, 5.41) is 0. The van der Waals surface area contributed by atoms with Crippen LogP contribution in [0.15, 0.2) is 36.6 Å². The van der Waals surface area contributed by atoms with Gasteiger partial charge in [0.05, 0.1) is 6.26 Å². The molecule has 0 amide bonds. The van der Waals surface area contributed by atoms with E-state index in [4.69, 9.17) is 4.74 Å². The van der Waals surface area contributed by atoms with E-state index >= 15 is 0 Å². The summed E-state index contributed by atoms with van der Waals surface area (Å²) in [6, 6.07) is 5.32. The highest BCUT2D eigenvalue weighted by Gasteiger charge is 2.00. The molecule has 0 heterocycles. The maximum Gasteiger partial charge on any atom is 0.150 e. The van der Waals surface area contributed by atoms with Crippen molar-refractivity contribution in [3.63, 3.8) is 0 Å². The Labute approximate surface area is 89.9 Å². The summed E-state index contributed by atoms with van der Waals surface area (Å²) in [6.07, 6.45) is 8.07. The molecule has 15 heavy (non-hydrogen) atoms. The molecule has 0 radical (unpaired) electrons. The van der Waals surface area contributed by atoms with E-state index in [-0.39, 0.29) is 0 Å². The highest BCUT2D eigenvalue weighted by Crippen LogP contribution is 2.21. The van der Waals surface area contributed by atoms with Crippen molar-refractivity contribution in [1.82, 2.24) is 0 Å². The lowest BCUT2D eigenvalue weighted by Crippen LogP contribution is -1.88. The smallest absolute Gasteiger partial charge is 0.150 e. The van der Waals surface area contributed by atoms with Gasteiger partial charge in [0.2, 0.25) is 0 Å². The molecule has 1 rings (SSSR count). The number of hydrogen-bond donors (Lipinski definition) is 0. The summed E-state index contributed by atoms with van der Waals surface area (Å²) in [7, 11) is 0. The van der Waals surface area contributed by atoms with E-state index in [9.17, 15) is 4.79 Å². The Hall–Kier alpha value is -1.83. The molecule has 2 heteroatoms.